The van der Waals surface area contributed by atoms with Gasteiger partial charge in [0.25, 0.3) is 0 Å². The highest BCUT2D eigenvalue weighted by atomic mass is 127. The molecule has 2 aromatic carbocycles. The standard InChI is InChI=1S/C20H27N5O.HI/c1-4-15-6-5-7-18(12-15)24-19(21)22-13-16-8-10-17(11-9-16)25-20(26)23-14(2)3;/h5-12,14H,4,13H2,1-3H3,(H3,21,22,24)(H2,23,25,26);1H. The van der Waals surface area contributed by atoms with E-state index in [4.69, 9.17) is 5.73 Å². The molecule has 0 atom stereocenters. The van der Waals surface area contributed by atoms with Gasteiger partial charge in [-0.2, -0.15) is 0 Å². The van der Waals surface area contributed by atoms with Crippen LogP contribution in [0.15, 0.2) is 53.5 Å². The molecule has 0 saturated carbocycles. The molecule has 0 aromatic heterocycles. The number of anilines is 2. The number of benzene rings is 2. The minimum atomic E-state index is -0.214. The number of nitrogens with two attached hydrogens (primary N) is 1. The highest BCUT2D eigenvalue weighted by Gasteiger charge is 2.03. The van der Waals surface area contributed by atoms with Gasteiger partial charge in [0, 0.05) is 17.4 Å². The Morgan fingerprint density at radius 1 is 1.04 bits per heavy atom. The molecule has 0 fully saturated rings. The van der Waals surface area contributed by atoms with E-state index in [0.717, 1.165) is 23.4 Å². The van der Waals surface area contributed by atoms with E-state index in [9.17, 15) is 4.79 Å². The number of hydrogen-bond donors (Lipinski definition) is 4. The van der Waals surface area contributed by atoms with Crippen molar-refractivity contribution in [1.29, 1.82) is 0 Å². The SMILES string of the molecule is CCc1cccc(NC(N)=NCc2ccc(NC(=O)NC(C)C)cc2)c1.I. The van der Waals surface area contributed by atoms with Gasteiger partial charge in [-0.3, -0.25) is 0 Å². The summed E-state index contributed by atoms with van der Waals surface area (Å²) in [5, 5.41) is 8.67. The number of amides is 2. The van der Waals surface area contributed by atoms with Gasteiger partial charge in [0.15, 0.2) is 5.96 Å². The number of hydrogen-bond acceptors (Lipinski definition) is 2. The lowest BCUT2D eigenvalue weighted by Gasteiger charge is -2.10. The van der Waals surface area contributed by atoms with Crippen molar-refractivity contribution in [2.45, 2.75) is 39.8 Å². The molecule has 2 rings (SSSR count). The third kappa shape index (κ3) is 8.29. The molecule has 27 heavy (non-hydrogen) atoms. The van der Waals surface area contributed by atoms with Crippen LogP contribution in [0.25, 0.3) is 0 Å². The summed E-state index contributed by atoms with van der Waals surface area (Å²) >= 11 is 0. The monoisotopic (exact) mass is 481 g/mol. The summed E-state index contributed by atoms with van der Waals surface area (Å²) in [5.41, 5.74) is 9.88. The van der Waals surface area contributed by atoms with Crippen LogP contribution < -0.4 is 21.7 Å². The fourth-order valence-electron chi connectivity index (χ4n) is 2.36. The number of halogens is 1. The van der Waals surface area contributed by atoms with Gasteiger partial charge in [-0.1, -0.05) is 31.2 Å². The summed E-state index contributed by atoms with van der Waals surface area (Å²) in [7, 11) is 0. The fraction of sp³-hybridized carbons (Fsp3) is 0.300. The van der Waals surface area contributed by atoms with E-state index in [0.29, 0.717) is 12.5 Å². The lowest BCUT2D eigenvalue weighted by Crippen LogP contribution is -2.34. The number of aryl methyl sites for hydroxylation is 1. The fourth-order valence-corrected chi connectivity index (χ4v) is 2.36. The second-order valence-electron chi connectivity index (χ2n) is 6.33. The maximum absolute atomic E-state index is 11.7. The van der Waals surface area contributed by atoms with Crippen molar-refractivity contribution in [2.24, 2.45) is 10.7 Å². The van der Waals surface area contributed by atoms with Crippen LogP contribution in [0.4, 0.5) is 16.2 Å². The first-order chi connectivity index (χ1) is 12.5. The second kappa shape index (κ2) is 11.4. The molecule has 0 bridgehead atoms. The summed E-state index contributed by atoms with van der Waals surface area (Å²) in [6.07, 6.45) is 0.974. The Hall–Kier alpha value is -2.29. The Balaban J connectivity index is 0.00000364. The highest BCUT2D eigenvalue weighted by Crippen LogP contribution is 2.12. The van der Waals surface area contributed by atoms with Crippen LogP contribution >= 0.6 is 24.0 Å². The van der Waals surface area contributed by atoms with E-state index in [1.54, 1.807) is 0 Å². The zero-order chi connectivity index (χ0) is 18.9. The van der Waals surface area contributed by atoms with Gasteiger partial charge in [0.05, 0.1) is 6.54 Å². The van der Waals surface area contributed by atoms with Crippen LogP contribution in [0.3, 0.4) is 0 Å². The normalized spacial score (nSPS) is 10.9. The second-order valence-corrected chi connectivity index (χ2v) is 6.33. The van der Waals surface area contributed by atoms with Crippen molar-refractivity contribution < 1.29 is 4.79 Å². The molecule has 0 aliphatic carbocycles. The minimum absolute atomic E-state index is 0. The largest absolute Gasteiger partial charge is 0.370 e. The molecule has 146 valence electrons. The van der Waals surface area contributed by atoms with Gasteiger partial charge < -0.3 is 21.7 Å². The quantitative estimate of drug-likeness (QED) is 0.281. The smallest absolute Gasteiger partial charge is 0.319 e. The molecular weight excluding hydrogens is 453 g/mol. The predicted molar refractivity (Wildman–Crippen MR) is 124 cm³/mol. The number of carbonyl (C=O) groups excluding carboxylic acids is 1. The molecule has 0 saturated heterocycles. The van der Waals surface area contributed by atoms with Gasteiger partial charge in [-0.05, 0) is 55.7 Å². The zero-order valence-electron chi connectivity index (χ0n) is 16.0. The number of carbonyl (C=O) groups is 1. The number of nitrogens with zero attached hydrogens (tertiary/aromatic N) is 1. The lowest BCUT2D eigenvalue weighted by atomic mass is 10.1. The van der Waals surface area contributed by atoms with E-state index in [1.807, 2.05) is 50.2 Å². The van der Waals surface area contributed by atoms with E-state index < -0.39 is 0 Å². The number of rotatable bonds is 6. The Kier molecular flexibility index (Phi) is 9.63. The van der Waals surface area contributed by atoms with E-state index in [2.05, 4.69) is 40.0 Å². The minimum Gasteiger partial charge on any atom is -0.370 e. The van der Waals surface area contributed by atoms with E-state index in [-0.39, 0.29) is 36.0 Å². The maximum Gasteiger partial charge on any atom is 0.319 e. The summed E-state index contributed by atoms with van der Waals surface area (Å²) in [6.45, 7) is 6.40. The summed E-state index contributed by atoms with van der Waals surface area (Å²) in [5.74, 6) is 0.372. The number of aliphatic imine (C=N–C) groups is 1. The first-order valence-electron chi connectivity index (χ1n) is 8.78. The summed E-state index contributed by atoms with van der Waals surface area (Å²) in [4.78, 5) is 16.0. The summed E-state index contributed by atoms with van der Waals surface area (Å²) in [6, 6.07) is 15.5. The molecule has 0 unspecified atom stereocenters. The predicted octanol–water partition coefficient (Wildman–Crippen LogP) is 4.32. The van der Waals surface area contributed by atoms with Crippen LogP contribution in [0, 0.1) is 0 Å². The molecule has 2 aromatic rings. The van der Waals surface area contributed by atoms with Crippen LogP contribution in [-0.2, 0) is 13.0 Å². The highest BCUT2D eigenvalue weighted by molar-refractivity contribution is 14.0. The van der Waals surface area contributed by atoms with Gasteiger partial charge in [-0.25, -0.2) is 9.79 Å². The van der Waals surface area contributed by atoms with Crippen LogP contribution in [-0.4, -0.2) is 18.0 Å². The molecule has 0 spiro atoms. The van der Waals surface area contributed by atoms with Crippen molar-refractivity contribution in [3.05, 3.63) is 59.7 Å². The molecule has 6 nitrogen and oxygen atoms in total. The molecule has 0 heterocycles. The lowest BCUT2D eigenvalue weighted by molar-refractivity contribution is 0.250. The van der Waals surface area contributed by atoms with Crippen molar-refractivity contribution in [2.75, 3.05) is 10.6 Å². The van der Waals surface area contributed by atoms with Crippen LogP contribution in [0.1, 0.15) is 31.9 Å². The van der Waals surface area contributed by atoms with Gasteiger partial charge >= 0.3 is 6.03 Å². The Labute approximate surface area is 178 Å². The van der Waals surface area contributed by atoms with Crippen molar-refractivity contribution in [1.82, 2.24) is 5.32 Å². The first kappa shape index (κ1) is 22.8. The molecule has 0 aliphatic rings. The Bertz CT molecular complexity index is 759. The molecule has 0 radical (unpaired) electrons. The van der Waals surface area contributed by atoms with Crippen LogP contribution in [0.2, 0.25) is 0 Å². The topological polar surface area (TPSA) is 91.5 Å². The first-order valence-corrected chi connectivity index (χ1v) is 8.78. The number of guanidine groups is 1. The molecule has 2 amide bonds. The van der Waals surface area contributed by atoms with Gasteiger partial charge in [-0.15, -0.1) is 24.0 Å². The zero-order valence-corrected chi connectivity index (χ0v) is 18.3. The molecule has 0 aliphatic heterocycles. The third-order valence-electron chi connectivity index (χ3n) is 3.67. The average molecular weight is 481 g/mol. The average Bonchev–Trinajstić information content (AvgIpc) is 2.60. The van der Waals surface area contributed by atoms with Crippen molar-refractivity contribution in [3.63, 3.8) is 0 Å². The number of urea groups is 1. The summed E-state index contributed by atoms with van der Waals surface area (Å²) < 4.78 is 0. The van der Waals surface area contributed by atoms with Crippen molar-refractivity contribution >= 4 is 47.3 Å². The van der Waals surface area contributed by atoms with Crippen LogP contribution in [0.5, 0.6) is 0 Å². The number of nitrogens with one attached hydrogen (secondary N) is 3. The van der Waals surface area contributed by atoms with E-state index >= 15 is 0 Å². The van der Waals surface area contributed by atoms with Crippen molar-refractivity contribution in [3.8, 4) is 0 Å². The Morgan fingerprint density at radius 2 is 1.74 bits per heavy atom. The third-order valence-corrected chi connectivity index (χ3v) is 3.67. The maximum atomic E-state index is 11.7. The molecular formula is C20H28IN5O. The van der Waals surface area contributed by atoms with Gasteiger partial charge in [0.2, 0.25) is 0 Å². The van der Waals surface area contributed by atoms with Gasteiger partial charge in [0.1, 0.15) is 0 Å². The molecule has 7 heteroatoms. The molecule has 5 N–H and O–H groups in total. The van der Waals surface area contributed by atoms with E-state index in [1.165, 1.54) is 5.56 Å². The Morgan fingerprint density at radius 3 is 2.37 bits per heavy atom.